The third kappa shape index (κ3) is 3.00. The van der Waals surface area contributed by atoms with E-state index in [1.165, 1.54) is 6.26 Å². The lowest BCUT2D eigenvalue weighted by Crippen LogP contribution is -2.25. The fourth-order valence-electron chi connectivity index (χ4n) is 2.10. The third-order valence-corrected chi connectivity index (χ3v) is 3.23. The van der Waals surface area contributed by atoms with Gasteiger partial charge in [-0.15, -0.1) is 0 Å². The molecule has 0 fully saturated rings. The second-order valence-corrected chi connectivity index (χ2v) is 4.65. The van der Waals surface area contributed by atoms with Crippen molar-refractivity contribution in [3.63, 3.8) is 0 Å². The fourth-order valence-corrected chi connectivity index (χ4v) is 2.10. The molecule has 2 heterocycles. The SMILES string of the molecule is O=C(NCC[C@@H](O)c1ccc2c(c1)OCO2)c1ccco1. The van der Waals surface area contributed by atoms with Crippen LogP contribution in [0.4, 0.5) is 0 Å². The molecule has 3 rings (SSSR count). The number of aliphatic hydroxyl groups is 1. The summed E-state index contributed by atoms with van der Waals surface area (Å²) in [6.07, 6.45) is 1.15. The zero-order valence-corrected chi connectivity index (χ0v) is 11.2. The average molecular weight is 289 g/mol. The van der Waals surface area contributed by atoms with Crippen LogP contribution in [0.25, 0.3) is 0 Å². The quantitative estimate of drug-likeness (QED) is 0.878. The minimum absolute atomic E-state index is 0.202. The maximum absolute atomic E-state index is 11.7. The van der Waals surface area contributed by atoms with Crippen molar-refractivity contribution in [2.45, 2.75) is 12.5 Å². The number of amides is 1. The molecule has 0 saturated carbocycles. The van der Waals surface area contributed by atoms with Crippen molar-refractivity contribution in [2.75, 3.05) is 13.3 Å². The number of hydrogen-bond donors (Lipinski definition) is 2. The van der Waals surface area contributed by atoms with Crippen molar-refractivity contribution >= 4 is 5.91 Å². The van der Waals surface area contributed by atoms with Gasteiger partial charge in [0.15, 0.2) is 17.3 Å². The predicted molar refractivity (Wildman–Crippen MR) is 73.2 cm³/mol. The Morgan fingerprint density at radius 2 is 2.14 bits per heavy atom. The van der Waals surface area contributed by atoms with Gasteiger partial charge in [-0.3, -0.25) is 4.79 Å². The highest BCUT2D eigenvalue weighted by Crippen LogP contribution is 2.34. The Labute approximate surface area is 121 Å². The Hall–Kier alpha value is -2.47. The summed E-state index contributed by atoms with van der Waals surface area (Å²) in [7, 11) is 0. The Morgan fingerprint density at radius 1 is 1.29 bits per heavy atom. The standard InChI is InChI=1S/C15H15NO5/c17-11(5-6-16-15(18)13-2-1-7-19-13)10-3-4-12-14(8-10)21-9-20-12/h1-4,7-8,11,17H,5-6,9H2,(H,16,18)/t11-/m1/s1. The second-order valence-electron chi connectivity index (χ2n) is 4.65. The van der Waals surface area contributed by atoms with Gasteiger partial charge < -0.3 is 24.3 Å². The minimum Gasteiger partial charge on any atom is -0.459 e. The van der Waals surface area contributed by atoms with Gasteiger partial charge in [-0.1, -0.05) is 6.07 Å². The van der Waals surface area contributed by atoms with Crippen LogP contribution >= 0.6 is 0 Å². The van der Waals surface area contributed by atoms with Crippen LogP contribution in [0.3, 0.4) is 0 Å². The van der Waals surface area contributed by atoms with Gasteiger partial charge in [-0.2, -0.15) is 0 Å². The van der Waals surface area contributed by atoms with Crippen LogP contribution in [0.1, 0.15) is 28.6 Å². The Balaban J connectivity index is 1.52. The zero-order chi connectivity index (χ0) is 14.7. The fraction of sp³-hybridized carbons (Fsp3) is 0.267. The van der Waals surface area contributed by atoms with E-state index in [0.717, 1.165) is 5.56 Å². The van der Waals surface area contributed by atoms with Gasteiger partial charge in [0, 0.05) is 6.54 Å². The second kappa shape index (κ2) is 5.88. The molecule has 0 saturated heterocycles. The van der Waals surface area contributed by atoms with E-state index in [-0.39, 0.29) is 18.5 Å². The Morgan fingerprint density at radius 3 is 2.95 bits per heavy atom. The van der Waals surface area contributed by atoms with E-state index >= 15 is 0 Å². The molecule has 1 aliphatic rings. The molecule has 1 aromatic carbocycles. The third-order valence-electron chi connectivity index (χ3n) is 3.23. The molecule has 1 aromatic heterocycles. The molecule has 6 nitrogen and oxygen atoms in total. The van der Waals surface area contributed by atoms with Crippen molar-refractivity contribution in [2.24, 2.45) is 0 Å². The Kier molecular flexibility index (Phi) is 3.79. The molecule has 0 radical (unpaired) electrons. The van der Waals surface area contributed by atoms with E-state index in [1.54, 1.807) is 30.3 Å². The van der Waals surface area contributed by atoms with Gasteiger partial charge in [-0.25, -0.2) is 0 Å². The van der Waals surface area contributed by atoms with Crippen LogP contribution in [0.2, 0.25) is 0 Å². The molecule has 0 aliphatic carbocycles. The first-order valence-corrected chi connectivity index (χ1v) is 6.63. The number of benzene rings is 1. The largest absolute Gasteiger partial charge is 0.459 e. The van der Waals surface area contributed by atoms with E-state index in [1.807, 2.05) is 0 Å². The molecule has 0 bridgehead atoms. The smallest absolute Gasteiger partial charge is 0.286 e. The number of carbonyl (C=O) groups is 1. The normalized spacial score (nSPS) is 14.0. The van der Waals surface area contributed by atoms with E-state index in [2.05, 4.69) is 5.32 Å². The monoisotopic (exact) mass is 289 g/mol. The van der Waals surface area contributed by atoms with E-state index < -0.39 is 6.10 Å². The molecule has 0 unspecified atom stereocenters. The Bertz CT molecular complexity index is 623. The average Bonchev–Trinajstić information content (AvgIpc) is 3.17. The highest BCUT2D eigenvalue weighted by Gasteiger charge is 2.17. The summed E-state index contributed by atoms with van der Waals surface area (Å²) in [4.78, 5) is 11.7. The molecular weight excluding hydrogens is 274 g/mol. The summed E-state index contributed by atoms with van der Waals surface area (Å²) in [6, 6.07) is 8.54. The first-order chi connectivity index (χ1) is 10.2. The highest BCUT2D eigenvalue weighted by atomic mass is 16.7. The maximum atomic E-state index is 11.7. The molecule has 1 aliphatic heterocycles. The van der Waals surface area contributed by atoms with Crippen molar-refractivity contribution < 1.29 is 23.8 Å². The number of rotatable bonds is 5. The predicted octanol–water partition coefficient (Wildman–Crippen LogP) is 1.86. The van der Waals surface area contributed by atoms with Crippen LogP contribution in [0, 0.1) is 0 Å². The van der Waals surface area contributed by atoms with Gasteiger partial charge in [-0.05, 0) is 36.2 Å². The number of furan rings is 1. The van der Waals surface area contributed by atoms with Crippen LogP contribution < -0.4 is 14.8 Å². The summed E-state index contributed by atoms with van der Waals surface area (Å²) >= 11 is 0. The highest BCUT2D eigenvalue weighted by molar-refractivity contribution is 5.91. The molecule has 1 amide bonds. The topological polar surface area (TPSA) is 80.9 Å². The van der Waals surface area contributed by atoms with Crippen LogP contribution in [-0.2, 0) is 0 Å². The van der Waals surface area contributed by atoms with Crippen molar-refractivity contribution in [3.05, 3.63) is 47.9 Å². The molecule has 2 N–H and O–H groups in total. The molecule has 110 valence electrons. The number of ether oxygens (including phenoxy) is 2. The number of aliphatic hydroxyl groups excluding tert-OH is 1. The molecular formula is C15H15NO5. The van der Waals surface area contributed by atoms with Gasteiger partial charge in [0.1, 0.15) is 0 Å². The van der Waals surface area contributed by atoms with E-state index in [9.17, 15) is 9.90 Å². The summed E-state index contributed by atoms with van der Waals surface area (Å²) < 4.78 is 15.5. The van der Waals surface area contributed by atoms with Gasteiger partial charge in [0.2, 0.25) is 6.79 Å². The van der Waals surface area contributed by atoms with E-state index in [0.29, 0.717) is 24.5 Å². The van der Waals surface area contributed by atoms with Gasteiger partial charge in [0.05, 0.1) is 12.4 Å². The lowest BCUT2D eigenvalue weighted by Gasteiger charge is -2.12. The first kappa shape index (κ1) is 13.5. The summed E-state index contributed by atoms with van der Waals surface area (Å²) in [5.41, 5.74) is 0.728. The van der Waals surface area contributed by atoms with Crippen LogP contribution in [0.5, 0.6) is 11.5 Å². The summed E-state index contributed by atoms with van der Waals surface area (Å²) in [6.45, 7) is 0.545. The lowest BCUT2D eigenvalue weighted by atomic mass is 10.1. The van der Waals surface area contributed by atoms with Crippen molar-refractivity contribution in [1.82, 2.24) is 5.32 Å². The summed E-state index contributed by atoms with van der Waals surface area (Å²) in [5, 5.41) is 12.8. The van der Waals surface area contributed by atoms with Gasteiger partial charge in [0.25, 0.3) is 5.91 Å². The van der Waals surface area contributed by atoms with Crippen LogP contribution in [-0.4, -0.2) is 24.4 Å². The van der Waals surface area contributed by atoms with Crippen molar-refractivity contribution in [3.8, 4) is 11.5 Å². The van der Waals surface area contributed by atoms with Crippen LogP contribution in [0.15, 0.2) is 41.0 Å². The zero-order valence-electron chi connectivity index (χ0n) is 11.2. The lowest BCUT2D eigenvalue weighted by molar-refractivity contribution is 0.0915. The molecule has 0 spiro atoms. The minimum atomic E-state index is -0.684. The summed E-state index contributed by atoms with van der Waals surface area (Å²) in [5.74, 6) is 1.27. The van der Waals surface area contributed by atoms with Crippen molar-refractivity contribution in [1.29, 1.82) is 0 Å². The number of carbonyl (C=O) groups excluding carboxylic acids is 1. The van der Waals surface area contributed by atoms with Gasteiger partial charge >= 0.3 is 0 Å². The molecule has 21 heavy (non-hydrogen) atoms. The molecule has 6 heteroatoms. The maximum Gasteiger partial charge on any atom is 0.286 e. The first-order valence-electron chi connectivity index (χ1n) is 6.63. The molecule has 1 atom stereocenters. The number of fused-ring (bicyclic) bond motifs is 1. The number of nitrogens with one attached hydrogen (secondary N) is 1. The van der Waals surface area contributed by atoms with E-state index in [4.69, 9.17) is 13.9 Å². The number of hydrogen-bond acceptors (Lipinski definition) is 5. The molecule has 2 aromatic rings.